The van der Waals surface area contributed by atoms with Gasteiger partial charge in [-0.15, -0.1) is 0 Å². The molecule has 90 valence electrons. The lowest BCUT2D eigenvalue weighted by atomic mass is 9.79. The Morgan fingerprint density at radius 1 is 1.69 bits per heavy atom. The molecule has 0 aromatic rings. The molecule has 1 heterocycles. The summed E-state index contributed by atoms with van der Waals surface area (Å²) >= 11 is 0. The van der Waals surface area contributed by atoms with Gasteiger partial charge >= 0.3 is 5.97 Å². The third-order valence-electron chi connectivity index (χ3n) is 2.68. The molecule has 0 saturated carbocycles. The molecule has 8 heteroatoms. The summed E-state index contributed by atoms with van der Waals surface area (Å²) < 4.78 is 4.92. The van der Waals surface area contributed by atoms with Gasteiger partial charge in [0.2, 0.25) is 5.91 Å². The zero-order valence-electron chi connectivity index (χ0n) is 9.48. The van der Waals surface area contributed by atoms with Crippen molar-refractivity contribution in [3.05, 3.63) is 0 Å². The van der Waals surface area contributed by atoms with E-state index in [0.29, 0.717) is 0 Å². The molecule has 1 fully saturated rings. The molecule has 1 aliphatic rings. The number of β-lactam (4-membered cyclic amide) rings is 1. The van der Waals surface area contributed by atoms with Crippen molar-refractivity contribution in [2.45, 2.75) is 26.0 Å². The maximum absolute atomic E-state index is 11.5. The Hall–Kier alpha value is -0.645. The molecule has 0 aromatic heterocycles. The molecular weight excluding hydrogens is 230 g/mol. The van der Waals surface area contributed by atoms with Crippen LogP contribution < -0.4 is 10.3 Å². The van der Waals surface area contributed by atoms with Crippen LogP contribution in [0, 0.1) is 11.8 Å². The van der Waals surface area contributed by atoms with Crippen molar-refractivity contribution in [2.75, 3.05) is 0 Å². The Labute approximate surface area is 96.9 Å². The minimum absolute atomic E-state index is 0.0880. The number of nitrogens with one attached hydrogen (secondary N) is 2. The molecule has 0 aliphatic carbocycles. The van der Waals surface area contributed by atoms with Gasteiger partial charge in [-0.05, 0) is 13.8 Å². The maximum Gasteiger partial charge on any atom is 0.314 e. The minimum atomic E-state index is -0.749. The number of carbonyl (C=O) groups is 2. The van der Waals surface area contributed by atoms with E-state index >= 15 is 0 Å². The van der Waals surface area contributed by atoms with Gasteiger partial charge in [-0.3, -0.25) is 9.59 Å². The first kappa shape index (κ1) is 13.4. The highest BCUT2D eigenvalue weighted by atomic mass is 31.1. The number of rotatable bonds is 5. The SMILES string of the molecule is BNPOC(=O)C(C)C1NC(=O)C1C(C)O. The van der Waals surface area contributed by atoms with Crippen LogP contribution in [0.3, 0.4) is 0 Å². The molecule has 5 atom stereocenters. The van der Waals surface area contributed by atoms with Crippen LogP contribution in [0.2, 0.25) is 0 Å². The summed E-state index contributed by atoms with van der Waals surface area (Å²) in [7, 11) is 1.59. The second-order valence-electron chi connectivity index (χ2n) is 3.86. The quantitative estimate of drug-likeness (QED) is 0.306. The first-order valence-electron chi connectivity index (χ1n) is 5.10. The average molecular weight is 246 g/mol. The van der Waals surface area contributed by atoms with E-state index in [0.717, 1.165) is 0 Å². The van der Waals surface area contributed by atoms with Crippen molar-refractivity contribution in [1.29, 1.82) is 0 Å². The molecule has 1 rings (SSSR count). The number of hydrogen-bond donors (Lipinski definition) is 3. The molecular formula is C8H16BN2O4P. The van der Waals surface area contributed by atoms with Gasteiger partial charge in [0.25, 0.3) is 0 Å². The van der Waals surface area contributed by atoms with Gasteiger partial charge in [-0.1, -0.05) is 0 Å². The summed E-state index contributed by atoms with van der Waals surface area (Å²) in [5.41, 5.74) is 0. The largest absolute Gasteiger partial charge is 0.432 e. The number of aliphatic hydroxyl groups excluding tert-OH is 1. The molecule has 0 aromatic carbocycles. The van der Waals surface area contributed by atoms with Crippen LogP contribution >= 0.6 is 8.96 Å². The van der Waals surface area contributed by atoms with Crippen molar-refractivity contribution in [3.63, 3.8) is 0 Å². The number of hydrogen-bond acceptors (Lipinski definition) is 5. The summed E-state index contributed by atoms with van der Waals surface area (Å²) in [4.78, 5) is 25.4. The van der Waals surface area contributed by atoms with Crippen molar-refractivity contribution in [1.82, 2.24) is 10.3 Å². The molecule has 0 radical (unpaired) electrons. The molecule has 0 spiro atoms. The highest BCUT2D eigenvalue weighted by Crippen LogP contribution is 2.27. The predicted molar refractivity (Wildman–Crippen MR) is 62.4 cm³/mol. The fraction of sp³-hybridized carbons (Fsp3) is 0.750. The second kappa shape index (κ2) is 5.61. The molecule has 16 heavy (non-hydrogen) atoms. The predicted octanol–water partition coefficient (Wildman–Crippen LogP) is -1.69. The van der Waals surface area contributed by atoms with Crippen LogP contribution in [0.5, 0.6) is 0 Å². The average Bonchev–Trinajstić information content (AvgIpc) is 2.20. The minimum Gasteiger partial charge on any atom is -0.432 e. The van der Waals surface area contributed by atoms with Gasteiger partial charge in [0.15, 0.2) is 7.98 Å². The van der Waals surface area contributed by atoms with Crippen LogP contribution in [-0.2, 0) is 14.1 Å². The number of carbonyl (C=O) groups excluding carboxylic acids is 2. The smallest absolute Gasteiger partial charge is 0.314 e. The van der Waals surface area contributed by atoms with Crippen molar-refractivity contribution < 1.29 is 19.2 Å². The summed E-state index contributed by atoms with van der Waals surface area (Å²) in [6, 6.07) is -0.332. The summed E-state index contributed by atoms with van der Waals surface area (Å²) in [5, 5.41) is 12.0. The lowest BCUT2D eigenvalue weighted by Crippen LogP contribution is -2.65. The van der Waals surface area contributed by atoms with Gasteiger partial charge < -0.3 is 19.9 Å². The second-order valence-corrected chi connectivity index (χ2v) is 4.77. The van der Waals surface area contributed by atoms with Crippen LogP contribution in [0.1, 0.15) is 13.8 Å². The first-order chi connectivity index (χ1) is 7.49. The number of amides is 1. The summed E-state index contributed by atoms with van der Waals surface area (Å²) in [5.74, 6) is -1.54. The molecule has 1 amide bonds. The van der Waals surface area contributed by atoms with Crippen molar-refractivity contribution in [3.8, 4) is 0 Å². The van der Waals surface area contributed by atoms with Gasteiger partial charge in [0.1, 0.15) is 8.96 Å². The third kappa shape index (κ3) is 2.72. The van der Waals surface area contributed by atoms with Gasteiger partial charge in [-0.25, -0.2) is 0 Å². The van der Waals surface area contributed by atoms with E-state index in [1.54, 1.807) is 21.8 Å². The molecule has 5 unspecified atom stereocenters. The summed E-state index contributed by atoms with van der Waals surface area (Å²) in [6.45, 7) is 3.23. The van der Waals surface area contributed by atoms with E-state index in [4.69, 9.17) is 4.52 Å². The molecule has 1 saturated heterocycles. The van der Waals surface area contributed by atoms with Gasteiger partial charge in [0.05, 0.1) is 24.0 Å². The molecule has 3 N–H and O–H groups in total. The Bertz CT molecular complexity index is 289. The van der Waals surface area contributed by atoms with E-state index in [1.165, 1.54) is 0 Å². The topological polar surface area (TPSA) is 87.7 Å². The Kier molecular flexibility index (Phi) is 4.71. The van der Waals surface area contributed by atoms with Gasteiger partial charge in [0, 0.05) is 0 Å². The third-order valence-corrected chi connectivity index (χ3v) is 3.19. The Morgan fingerprint density at radius 2 is 2.31 bits per heavy atom. The Balaban J connectivity index is 2.51. The van der Waals surface area contributed by atoms with Crippen molar-refractivity contribution in [2.24, 2.45) is 11.8 Å². The van der Waals surface area contributed by atoms with E-state index in [2.05, 4.69) is 10.3 Å². The van der Waals surface area contributed by atoms with E-state index in [9.17, 15) is 14.7 Å². The molecule has 0 bridgehead atoms. The normalized spacial score (nSPS) is 28.3. The van der Waals surface area contributed by atoms with Gasteiger partial charge in [-0.2, -0.15) is 0 Å². The lowest BCUT2D eigenvalue weighted by Gasteiger charge is -2.41. The fourth-order valence-corrected chi connectivity index (χ4v) is 2.10. The van der Waals surface area contributed by atoms with Crippen LogP contribution in [-0.4, -0.2) is 37.1 Å². The fourth-order valence-electron chi connectivity index (χ4n) is 1.71. The zero-order valence-corrected chi connectivity index (χ0v) is 10.5. The summed E-state index contributed by atoms with van der Waals surface area (Å²) in [6.07, 6.45) is -0.749. The van der Waals surface area contributed by atoms with Crippen molar-refractivity contribution >= 4 is 28.8 Å². The van der Waals surface area contributed by atoms with E-state index in [1.807, 2.05) is 0 Å². The first-order valence-corrected chi connectivity index (χ1v) is 6.00. The molecule has 1 aliphatic heterocycles. The lowest BCUT2D eigenvalue weighted by molar-refractivity contribution is -0.149. The standard InChI is InChI=1S/C8H16BN2O4P/c1-3(8(14)15-16-11-9)6-5(4(2)12)7(13)10-6/h3-6,11-12,16H,9H2,1-2H3,(H,10,13). The zero-order chi connectivity index (χ0) is 12.3. The monoisotopic (exact) mass is 246 g/mol. The van der Waals surface area contributed by atoms with E-state index in [-0.39, 0.29) is 26.9 Å². The van der Waals surface area contributed by atoms with Crippen LogP contribution in [0.15, 0.2) is 0 Å². The Morgan fingerprint density at radius 3 is 2.75 bits per heavy atom. The maximum atomic E-state index is 11.5. The van der Waals surface area contributed by atoms with Crippen LogP contribution in [0.25, 0.3) is 0 Å². The highest BCUT2D eigenvalue weighted by molar-refractivity contribution is 7.32. The van der Waals surface area contributed by atoms with E-state index < -0.39 is 17.9 Å². The molecule has 6 nitrogen and oxygen atoms in total. The number of aliphatic hydroxyl groups is 1. The van der Waals surface area contributed by atoms with Crippen LogP contribution in [0.4, 0.5) is 0 Å². The highest BCUT2D eigenvalue weighted by Gasteiger charge is 2.47.